The fourth-order valence-electron chi connectivity index (χ4n) is 1.60. The fraction of sp³-hybridized carbons (Fsp3) is 0.889. The number of nitrogens with one attached hydrogen (secondary N) is 1. The molecule has 0 radical (unpaired) electrons. The maximum Gasteiger partial charge on any atom is 0.410 e. The van der Waals surface area contributed by atoms with Crippen LogP contribution < -0.4 is 5.32 Å². The normalized spacial score (nSPS) is 31.5. The Kier molecular flexibility index (Phi) is 1.77. The molecule has 4 heteroatoms. The van der Waals surface area contributed by atoms with Gasteiger partial charge in [0, 0.05) is 25.2 Å². The molecule has 0 aromatic carbocycles. The van der Waals surface area contributed by atoms with Gasteiger partial charge in [-0.3, -0.25) is 0 Å². The molecule has 2 rings (SSSR count). The molecule has 13 heavy (non-hydrogen) atoms. The van der Waals surface area contributed by atoms with Crippen LogP contribution in [0.2, 0.25) is 0 Å². The average molecular weight is 184 g/mol. The van der Waals surface area contributed by atoms with E-state index in [0.717, 1.165) is 13.1 Å². The molecule has 0 bridgehead atoms. The molecule has 2 saturated heterocycles. The Morgan fingerprint density at radius 2 is 1.92 bits per heavy atom. The van der Waals surface area contributed by atoms with Crippen LogP contribution in [0, 0.1) is 0 Å². The lowest BCUT2D eigenvalue weighted by Crippen LogP contribution is -2.38. The lowest BCUT2D eigenvalue weighted by Gasteiger charge is -2.25. The number of rotatable bonds is 0. The topological polar surface area (TPSA) is 51.5 Å². The van der Waals surface area contributed by atoms with Gasteiger partial charge in [0.25, 0.3) is 0 Å². The second-order valence-corrected chi connectivity index (χ2v) is 4.76. The Labute approximate surface area is 78.2 Å². The first-order valence-corrected chi connectivity index (χ1v) is 4.70. The molecule has 2 atom stereocenters. The number of carbonyl (C=O) groups excluding carboxylic acids is 1. The molecule has 0 unspecified atom stereocenters. The quantitative estimate of drug-likeness (QED) is 0.560. The molecular formula is C9H16N2O2. The van der Waals surface area contributed by atoms with Crippen molar-refractivity contribution in [2.45, 2.75) is 38.5 Å². The summed E-state index contributed by atoms with van der Waals surface area (Å²) in [6.45, 7) is 7.28. The number of piperazine rings is 1. The number of carbonyl (C=O) groups is 1. The van der Waals surface area contributed by atoms with Crippen LogP contribution in [0.15, 0.2) is 0 Å². The third-order valence-electron chi connectivity index (χ3n) is 2.29. The highest BCUT2D eigenvalue weighted by Crippen LogP contribution is 2.23. The molecule has 2 aliphatic heterocycles. The first-order valence-electron chi connectivity index (χ1n) is 4.70. The van der Waals surface area contributed by atoms with Crippen LogP contribution in [0.25, 0.3) is 0 Å². The zero-order valence-corrected chi connectivity index (χ0v) is 8.33. The van der Waals surface area contributed by atoms with Crippen molar-refractivity contribution in [3.8, 4) is 0 Å². The van der Waals surface area contributed by atoms with Crippen molar-refractivity contribution in [2.75, 3.05) is 13.1 Å². The van der Waals surface area contributed by atoms with Gasteiger partial charge in [-0.05, 0) is 20.8 Å². The van der Waals surface area contributed by atoms with Crippen LogP contribution in [0.3, 0.4) is 0 Å². The maximum absolute atomic E-state index is 11.5. The van der Waals surface area contributed by atoms with Gasteiger partial charge in [-0.2, -0.15) is 0 Å². The molecule has 0 saturated carbocycles. The van der Waals surface area contributed by atoms with E-state index in [4.69, 9.17) is 4.74 Å². The number of nitrogens with zero attached hydrogens (tertiary/aromatic N) is 1. The van der Waals surface area contributed by atoms with E-state index < -0.39 is 0 Å². The number of fused-ring (bicyclic) bond motifs is 1. The highest BCUT2D eigenvalue weighted by Gasteiger charge is 2.47. The molecule has 2 fully saturated rings. The molecule has 0 aromatic heterocycles. The second kappa shape index (κ2) is 2.61. The van der Waals surface area contributed by atoms with Gasteiger partial charge in [-0.15, -0.1) is 0 Å². The summed E-state index contributed by atoms with van der Waals surface area (Å²) in [5.41, 5.74) is -0.378. The van der Waals surface area contributed by atoms with Gasteiger partial charge >= 0.3 is 6.09 Å². The molecule has 2 aliphatic rings. The van der Waals surface area contributed by atoms with Gasteiger partial charge in [0.2, 0.25) is 0 Å². The van der Waals surface area contributed by atoms with Crippen molar-refractivity contribution in [3.63, 3.8) is 0 Å². The van der Waals surface area contributed by atoms with E-state index in [2.05, 4.69) is 5.32 Å². The van der Waals surface area contributed by atoms with Gasteiger partial charge in [0.15, 0.2) is 0 Å². The monoisotopic (exact) mass is 184 g/mol. The van der Waals surface area contributed by atoms with Crippen LogP contribution in [-0.4, -0.2) is 41.8 Å². The van der Waals surface area contributed by atoms with Gasteiger partial charge in [0.05, 0.1) is 0 Å². The van der Waals surface area contributed by atoms with Crippen molar-refractivity contribution in [1.29, 1.82) is 0 Å². The minimum absolute atomic E-state index is 0.179. The number of hydrogen-bond donors (Lipinski definition) is 1. The van der Waals surface area contributed by atoms with Gasteiger partial charge in [-0.25, -0.2) is 4.79 Å². The lowest BCUT2D eigenvalue weighted by atomic mass is 10.2. The largest absolute Gasteiger partial charge is 0.444 e. The molecule has 2 heterocycles. The molecular weight excluding hydrogens is 168 g/mol. The molecule has 0 spiro atoms. The predicted molar refractivity (Wildman–Crippen MR) is 48.5 cm³/mol. The summed E-state index contributed by atoms with van der Waals surface area (Å²) in [4.78, 5) is 13.3. The minimum atomic E-state index is -0.378. The zero-order chi connectivity index (χ0) is 9.64. The number of likely N-dealkylation sites (tertiary alicyclic amines) is 1. The van der Waals surface area contributed by atoms with Crippen LogP contribution >= 0.6 is 0 Å². The molecule has 74 valence electrons. The highest BCUT2D eigenvalue weighted by atomic mass is 16.6. The van der Waals surface area contributed by atoms with Crippen molar-refractivity contribution in [1.82, 2.24) is 10.2 Å². The summed E-state index contributed by atoms with van der Waals surface area (Å²) in [7, 11) is 0. The Morgan fingerprint density at radius 3 is 2.38 bits per heavy atom. The summed E-state index contributed by atoms with van der Waals surface area (Å²) in [6.07, 6.45) is -0.179. The van der Waals surface area contributed by atoms with E-state index in [-0.39, 0.29) is 11.7 Å². The predicted octanol–water partition coefficient (Wildman–Crippen LogP) is 0.577. The van der Waals surface area contributed by atoms with E-state index in [9.17, 15) is 4.79 Å². The third kappa shape index (κ3) is 1.94. The molecule has 0 aromatic rings. The van der Waals surface area contributed by atoms with E-state index >= 15 is 0 Å². The summed E-state index contributed by atoms with van der Waals surface area (Å²) in [6, 6.07) is 1.07. The van der Waals surface area contributed by atoms with E-state index in [1.807, 2.05) is 20.8 Å². The summed E-state index contributed by atoms with van der Waals surface area (Å²) in [5.74, 6) is 0. The SMILES string of the molecule is CC(C)(C)OC(=O)N1C[C@@H]2N[C@H]2C1. The fourth-order valence-corrected chi connectivity index (χ4v) is 1.60. The highest BCUT2D eigenvalue weighted by molar-refractivity contribution is 5.69. The molecule has 4 nitrogen and oxygen atoms in total. The van der Waals surface area contributed by atoms with Gasteiger partial charge in [-0.1, -0.05) is 0 Å². The van der Waals surface area contributed by atoms with Crippen LogP contribution in [-0.2, 0) is 4.74 Å². The number of amides is 1. The Hall–Kier alpha value is -0.770. The standard InChI is InChI=1S/C9H16N2O2/c1-9(2,3)13-8(12)11-4-6-7(5-11)10-6/h6-7,10H,4-5H2,1-3H3/t6-,7-/m0/s1. The third-order valence-corrected chi connectivity index (χ3v) is 2.29. The summed E-state index contributed by atoms with van der Waals surface area (Å²) in [5, 5.41) is 3.27. The van der Waals surface area contributed by atoms with Crippen LogP contribution in [0.1, 0.15) is 20.8 Å². The van der Waals surface area contributed by atoms with E-state index in [1.54, 1.807) is 4.90 Å². The zero-order valence-electron chi connectivity index (χ0n) is 8.33. The van der Waals surface area contributed by atoms with Crippen LogP contribution in [0.4, 0.5) is 4.79 Å². The van der Waals surface area contributed by atoms with Crippen molar-refractivity contribution < 1.29 is 9.53 Å². The summed E-state index contributed by atoms with van der Waals surface area (Å²) < 4.78 is 5.25. The van der Waals surface area contributed by atoms with E-state index in [0.29, 0.717) is 12.1 Å². The maximum atomic E-state index is 11.5. The number of ether oxygens (including phenoxy) is 1. The van der Waals surface area contributed by atoms with Crippen LogP contribution in [0.5, 0.6) is 0 Å². The lowest BCUT2D eigenvalue weighted by molar-refractivity contribution is 0.0279. The first kappa shape index (κ1) is 8.81. The Balaban J connectivity index is 1.84. The number of hydrogen-bond acceptors (Lipinski definition) is 3. The molecule has 1 amide bonds. The van der Waals surface area contributed by atoms with Gasteiger partial charge in [0.1, 0.15) is 5.60 Å². The minimum Gasteiger partial charge on any atom is -0.444 e. The van der Waals surface area contributed by atoms with Crippen molar-refractivity contribution in [3.05, 3.63) is 0 Å². The first-order chi connectivity index (χ1) is 5.96. The van der Waals surface area contributed by atoms with E-state index in [1.165, 1.54) is 0 Å². The van der Waals surface area contributed by atoms with Crippen molar-refractivity contribution >= 4 is 6.09 Å². The Bertz CT molecular complexity index is 224. The molecule has 1 N–H and O–H groups in total. The Morgan fingerprint density at radius 1 is 1.38 bits per heavy atom. The van der Waals surface area contributed by atoms with Crippen molar-refractivity contribution in [2.24, 2.45) is 0 Å². The van der Waals surface area contributed by atoms with Gasteiger partial charge < -0.3 is 15.0 Å². The second-order valence-electron chi connectivity index (χ2n) is 4.76. The summed E-state index contributed by atoms with van der Waals surface area (Å²) >= 11 is 0. The average Bonchev–Trinajstić information content (AvgIpc) is 2.55. The smallest absolute Gasteiger partial charge is 0.410 e. The molecule has 0 aliphatic carbocycles.